The molecule has 0 aliphatic heterocycles. The van der Waals surface area contributed by atoms with Gasteiger partial charge < -0.3 is 9.47 Å². The molecule has 0 amide bonds. The first-order valence-electron chi connectivity index (χ1n) is 3.13. The molecule has 2 heteroatoms. The summed E-state index contributed by atoms with van der Waals surface area (Å²) < 4.78 is 9.96. The first-order chi connectivity index (χ1) is 4.27. The van der Waals surface area contributed by atoms with Crippen LogP contribution in [0.4, 0.5) is 0 Å². The van der Waals surface area contributed by atoms with Crippen LogP contribution in [0.15, 0.2) is 0 Å². The fraction of sp³-hybridized carbons (Fsp3) is 0.857. The van der Waals surface area contributed by atoms with Crippen molar-refractivity contribution in [1.82, 2.24) is 0 Å². The summed E-state index contributed by atoms with van der Waals surface area (Å²) in [4.78, 5) is 0. The third kappa shape index (κ3) is 7.92. The molecule has 0 unspecified atom stereocenters. The second-order valence-corrected chi connectivity index (χ2v) is 2.25. The summed E-state index contributed by atoms with van der Waals surface area (Å²) >= 11 is 0. The number of hydrogen-bond acceptors (Lipinski definition) is 2. The molecule has 0 aliphatic rings. The van der Waals surface area contributed by atoms with Gasteiger partial charge in [0.2, 0.25) is 0 Å². The third-order valence-electron chi connectivity index (χ3n) is 0.823. The van der Waals surface area contributed by atoms with Gasteiger partial charge in [0.05, 0.1) is 19.8 Å². The Morgan fingerprint density at radius 2 is 1.89 bits per heavy atom. The van der Waals surface area contributed by atoms with Gasteiger partial charge >= 0.3 is 0 Å². The summed E-state index contributed by atoms with van der Waals surface area (Å²) in [6.45, 7) is 6.23. The van der Waals surface area contributed by atoms with Crippen LogP contribution in [-0.4, -0.2) is 26.9 Å². The number of methoxy groups -OCH3 is 1. The highest BCUT2D eigenvalue weighted by molar-refractivity contribution is 4.74. The minimum Gasteiger partial charge on any atom is -0.382 e. The van der Waals surface area contributed by atoms with Crippen LogP contribution in [0.2, 0.25) is 0 Å². The van der Waals surface area contributed by atoms with Gasteiger partial charge in [-0.1, -0.05) is 13.8 Å². The van der Waals surface area contributed by atoms with Gasteiger partial charge in [-0.2, -0.15) is 0 Å². The average molecular weight is 131 g/mol. The second-order valence-electron chi connectivity index (χ2n) is 2.25. The molecule has 9 heavy (non-hydrogen) atoms. The van der Waals surface area contributed by atoms with E-state index in [2.05, 4.69) is 0 Å². The Hall–Kier alpha value is -0.0800. The van der Waals surface area contributed by atoms with Gasteiger partial charge in [0, 0.05) is 7.11 Å². The number of ether oxygens (including phenoxy) is 2. The van der Waals surface area contributed by atoms with Crippen molar-refractivity contribution in [1.29, 1.82) is 0 Å². The maximum Gasteiger partial charge on any atom is 0.0700 e. The van der Waals surface area contributed by atoms with Gasteiger partial charge in [0.15, 0.2) is 0 Å². The zero-order valence-electron chi connectivity index (χ0n) is 6.44. The molecule has 55 valence electrons. The Balaban J connectivity index is 2.75. The quantitative estimate of drug-likeness (QED) is 0.523. The molecule has 0 N–H and O–H groups in total. The molecule has 0 saturated carbocycles. The first kappa shape index (κ1) is 8.92. The molecule has 2 nitrogen and oxygen atoms in total. The lowest BCUT2D eigenvalue weighted by Crippen LogP contribution is -2.05. The van der Waals surface area contributed by atoms with E-state index in [0.717, 1.165) is 6.61 Å². The molecule has 0 bridgehead atoms. The van der Waals surface area contributed by atoms with Crippen LogP contribution in [0.25, 0.3) is 0 Å². The highest BCUT2D eigenvalue weighted by Gasteiger charge is 1.92. The average Bonchev–Trinajstić information content (AvgIpc) is 1.80. The van der Waals surface area contributed by atoms with Crippen molar-refractivity contribution in [2.24, 2.45) is 0 Å². The lowest BCUT2D eigenvalue weighted by Gasteiger charge is -2.04. The van der Waals surface area contributed by atoms with Crippen LogP contribution in [0, 0.1) is 5.92 Å². The van der Waals surface area contributed by atoms with Gasteiger partial charge in [0.1, 0.15) is 0 Å². The lowest BCUT2D eigenvalue weighted by atomic mass is 10.2. The third-order valence-corrected chi connectivity index (χ3v) is 0.823. The molecule has 0 heterocycles. The molecule has 0 aromatic carbocycles. The summed E-state index contributed by atoms with van der Waals surface area (Å²) in [7, 11) is 1.67. The Morgan fingerprint density at radius 3 is 2.33 bits per heavy atom. The predicted octanol–water partition coefficient (Wildman–Crippen LogP) is 1.26. The van der Waals surface area contributed by atoms with Crippen LogP contribution < -0.4 is 0 Å². The van der Waals surface area contributed by atoms with Crippen molar-refractivity contribution in [3.63, 3.8) is 0 Å². The molecular weight excluding hydrogens is 116 g/mol. The Bertz CT molecular complexity index is 52.9. The Morgan fingerprint density at radius 1 is 1.22 bits per heavy atom. The van der Waals surface area contributed by atoms with Crippen molar-refractivity contribution in [2.45, 2.75) is 13.8 Å². The molecule has 0 fully saturated rings. The summed E-state index contributed by atoms with van der Waals surface area (Å²) in [6.07, 6.45) is 0. The van der Waals surface area contributed by atoms with Crippen molar-refractivity contribution < 1.29 is 9.47 Å². The van der Waals surface area contributed by atoms with Crippen LogP contribution in [0.1, 0.15) is 13.8 Å². The van der Waals surface area contributed by atoms with E-state index in [-0.39, 0.29) is 0 Å². The highest BCUT2D eigenvalue weighted by atomic mass is 16.5. The summed E-state index contributed by atoms with van der Waals surface area (Å²) in [5.74, 6) is 1.30. The number of rotatable bonds is 5. The van der Waals surface area contributed by atoms with E-state index < -0.39 is 0 Å². The largest absolute Gasteiger partial charge is 0.382 e. The monoisotopic (exact) mass is 131 g/mol. The van der Waals surface area contributed by atoms with Gasteiger partial charge in [0.25, 0.3) is 0 Å². The minimum atomic E-state index is 0.688. The SMILES string of the molecule is COCCOC[C](C)C. The fourth-order valence-electron chi connectivity index (χ4n) is 0.419. The second kappa shape index (κ2) is 6.05. The standard InChI is InChI=1S/C7H15O2/c1-7(2)6-9-5-4-8-3/h4-6H2,1-3H3. The molecule has 0 rings (SSSR count). The maximum absolute atomic E-state index is 5.17. The molecule has 0 spiro atoms. The highest BCUT2D eigenvalue weighted by Crippen LogP contribution is 1.93. The van der Waals surface area contributed by atoms with Gasteiger partial charge in [-0.3, -0.25) is 0 Å². The molecule has 0 aromatic heterocycles. The van der Waals surface area contributed by atoms with Crippen LogP contribution in [0.3, 0.4) is 0 Å². The lowest BCUT2D eigenvalue weighted by molar-refractivity contribution is 0.0765. The van der Waals surface area contributed by atoms with E-state index in [4.69, 9.17) is 9.47 Å². The first-order valence-corrected chi connectivity index (χ1v) is 3.13. The predicted molar refractivity (Wildman–Crippen MR) is 37.3 cm³/mol. The van der Waals surface area contributed by atoms with Crippen molar-refractivity contribution >= 4 is 0 Å². The van der Waals surface area contributed by atoms with E-state index in [1.807, 2.05) is 13.8 Å². The molecule has 0 saturated heterocycles. The summed E-state index contributed by atoms with van der Waals surface area (Å²) in [5, 5.41) is 0. The molecule has 0 atom stereocenters. The fourth-order valence-corrected chi connectivity index (χ4v) is 0.419. The molecule has 1 radical (unpaired) electrons. The Kier molecular flexibility index (Phi) is 5.99. The normalized spacial score (nSPS) is 10.7. The van der Waals surface area contributed by atoms with Crippen molar-refractivity contribution in [2.75, 3.05) is 26.9 Å². The van der Waals surface area contributed by atoms with E-state index in [0.29, 0.717) is 13.2 Å². The van der Waals surface area contributed by atoms with Crippen LogP contribution in [-0.2, 0) is 9.47 Å². The summed E-state index contributed by atoms with van der Waals surface area (Å²) in [6, 6.07) is 0. The molecule has 0 aromatic rings. The van der Waals surface area contributed by atoms with E-state index in [9.17, 15) is 0 Å². The van der Waals surface area contributed by atoms with Crippen LogP contribution in [0.5, 0.6) is 0 Å². The maximum atomic E-state index is 5.17. The smallest absolute Gasteiger partial charge is 0.0700 e. The van der Waals surface area contributed by atoms with Crippen molar-refractivity contribution in [3.05, 3.63) is 5.92 Å². The van der Waals surface area contributed by atoms with E-state index in [1.165, 1.54) is 5.92 Å². The zero-order valence-corrected chi connectivity index (χ0v) is 6.44. The van der Waals surface area contributed by atoms with Crippen molar-refractivity contribution in [3.8, 4) is 0 Å². The van der Waals surface area contributed by atoms with E-state index in [1.54, 1.807) is 7.11 Å². The van der Waals surface area contributed by atoms with Gasteiger partial charge in [-0.15, -0.1) is 0 Å². The molecular formula is C7H15O2. The van der Waals surface area contributed by atoms with Gasteiger partial charge in [-0.05, 0) is 5.92 Å². The number of hydrogen-bond donors (Lipinski definition) is 0. The van der Waals surface area contributed by atoms with E-state index >= 15 is 0 Å². The van der Waals surface area contributed by atoms with Gasteiger partial charge in [-0.25, -0.2) is 0 Å². The topological polar surface area (TPSA) is 18.5 Å². The van der Waals surface area contributed by atoms with Crippen LogP contribution >= 0.6 is 0 Å². The Labute approximate surface area is 57.2 Å². The minimum absolute atomic E-state index is 0.688. The zero-order chi connectivity index (χ0) is 7.11. The summed E-state index contributed by atoms with van der Waals surface area (Å²) in [5.41, 5.74) is 0. The molecule has 0 aliphatic carbocycles.